The maximum absolute atomic E-state index is 12.5. The van der Waals surface area contributed by atoms with E-state index in [1.54, 1.807) is 4.90 Å². The number of carbonyl (C=O) groups excluding carboxylic acids is 2. The topological polar surface area (TPSA) is 49.4 Å². The number of anilines is 1. The van der Waals surface area contributed by atoms with Crippen molar-refractivity contribution in [2.45, 2.75) is 45.1 Å². The molecule has 1 N–H and O–H groups in total. The lowest BCUT2D eigenvalue weighted by Crippen LogP contribution is -2.44. The van der Waals surface area contributed by atoms with Crippen molar-refractivity contribution in [1.82, 2.24) is 5.32 Å². The third kappa shape index (κ3) is 3.77. The van der Waals surface area contributed by atoms with E-state index in [0.29, 0.717) is 18.9 Å². The first-order valence-electron chi connectivity index (χ1n) is 8.41. The average molecular weight is 379 g/mol. The fraction of sp³-hybridized carbons (Fsp3) is 0.556. The molecule has 124 valence electrons. The zero-order valence-electron chi connectivity index (χ0n) is 13.4. The minimum Gasteiger partial charge on any atom is -0.353 e. The Bertz CT molecular complexity index is 587. The number of nitrogens with zero attached hydrogens (tertiary/aromatic N) is 1. The molecule has 2 fully saturated rings. The van der Waals surface area contributed by atoms with Crippen LogP contribution in [0.4, 0.5) is 5.69 Å². The highest BCUT2D eigenvalue weighted by Gasteiger charge is 2.36. The number of amides is 2. The molecule has 1 saturated heterocycles. The van der Waals surface area contributed by atoms with Gasteiger partial charge in [-0.3, -0.25) is 9.59 Å². The van der Waals surface area contributed by atoms with Crippen LogP contribution in [0.25, 0.3) is 0 Å². The lowest BCUT2D eigenvalue weighted by molar-refractivity contribution is -0.127. The third-order valence-electron chi connectivity index (χ3n) is 5.07. The van der Waals surface area contributed by atoms with Crippen molar-refractivity contribution in [3.63, 3.8) is 0 Å². The highest BCUT2D eigenvalue weighted by Crippen LogP contribution is 2.28. The van der Waals surface area contributed by atoms with Crippen LogP contribution in [0.15, 0.2) is 28.7 Å². The molecule has 0 aromatic heterocycles. The zero-order valence-corrected chi connectivity index (χ0v) is 15.0. The highest BCUT2D eigenvalue weighted by molar-refractivity contribution is 9.10. The fourth-order valence-corrected chi connectivity index (χ4v) is 3.85. The summed E-state index contributed by atoms with van der Waals surface area (Å²) in [5, 5.41) is 3.19. The number of carbonyl (C=O) groups is 2. The molecule has 1 aromatic rings. The van der Waals surface area contributed by atoms with Gasteiger partial charge in [-0.2, -0.15) is 0 Å². The second kappa shape index (κ2) is 7.04. The van der Waals surface area contributed by atoms with Crippen LogP contribution in [-0.4, -0.2) is 24.4 Å². The van der Waals surface area contributed by atoms with E-state index in [1.165, 1.54) is 19.3 Å². The molecule has 3 atom stereocenters. The summed E-state index contributed by atoms with van der Waals surface area (Å²) in [6, 6.07) is 7.92. The van der Waals surface area contributed by atoms with Gasteiger partial charge < -0.3 is 10.2 Å². The first-order chi connectivity index (χ1) is 11.0. The Morgan fingerprint density at radius 3 is 2.61 bits per heavy atom. The van der Waals surface area contributed by atoms with Crippen LogP contribution in [-0.2, 0) is 9.59 Å². The van der Waals surface area contributed by atoms with E-state index < -0.39 is 0 Å². The van der Waals surface area contributed by atoms with E-state index in [-0.39, 0.29) is 23.8 Å². The SMILES string of the molecule is C[C@@H]1CCCC[C@H]1NC(=O)[C@H]1CC(=O)N(c2ccc(Br)cc2)C1. The molecule has 0 unspecified atom stereocenters. The molecule has 1 saturated carbocycles. The van der Waals surface area contributed by atoms with Crippen molar-refractivity contribution in [3.05, 3.63) is 28.7 Å². The summed E-state index contributed by atoms with van der Waals surface area (Å²) in [6.45, 7) is 2.69. The number of rotatable bonds is 3. The van der Waals surface area contributed by atoms with Crippen LogP contribution in [0, 0.1) is 11.8 Å². The van der Waals surface area contributed by atoms with E-state index in [2.05, 4.69) is 28.2 Å². The van der Waals surface area contributed by atoms with Crippen molar-refractivity contribution >= 4 is 33.4 Å². The Balaban J connectivity index is 1.62. The van der Waals surface area contributed by atoms with Gasteiger partial charge in [0.15, 0.2) is 0 Å². The van der Waals surface area contributed by atoms with Gasteiger partial charge in [-0.25, -0.2) is 0 Å². The van der Waals surface area contributed by atoms with E-state index in [1.807, 2.05) is 24.3 Å². The Morgan fingerprint density at radius 2 is 1.91 bits per heavy atom. The van der Waals surface area contributed by atoms with Gasteiger partial charge in [0.05, 0.1) is 5.92 Å². The van der Waals surface area contributed by atoms with Crippen LogP contribution in [0.2, 0.25) is 0 Å². The Hall–Kier alpha value is -1.36. The molecule has 1 heterocycles. The number of hydrogen-bond donors (Lipinski definition) is 1. The van der Waals surface area contributed by atoms with Crippen LogP contribution in [0.1, 0.15) is 39.0 Å². The molecule has 5 heteroatoms. The maximum atomic E-state index is 12.5. The summed E-state index contributed by atoms with van der Waals surface area (Å²) in [5.41, 5.74) is 0.861. The van der Waals surface area contributed by atoms with Gasteiger partial charge in [0.25, 0.3) is 0 Å². The fourth-order valence-electron chi connectivity index (χ4n) is 3.59. The standard InChI is InChI=1S/C18H23BrN2O2/c1-12-4-2-3-5-16(12)20-18(23)13-10-17(22)21(11-13)15-8-6-14(19)7-9-15/h6-9,12-13,16H,2-5,10-11H2,1H3,(H,20,23)/t12-,13+,16-/m1/s1. The van der Waals surface area contributed by atoms with Crippen molar-refractivity contribution in [2.24, 2.45) is 11.8 Å². The second-order valence-corrected chi connectivity index (χ2v) is 7.67. The molecule has 2 aliphatic rings. The number of halogens is 1. The highest BCUT2D eigenvalue weighted by atomic mass is 79.9. The van der Waals surface area contributed by atoms with Gasteiger partial charge in [-0.15, -0.1) is 0 Å². The number of benzene rings is 1. The van der Waals surface area contributed by atoms with Gasteiger partial charge >= 0.3 is 0 Å². The quantitative estimate of drug-likeness (QED) is 0.874. The van der Waals surface area contributed by atoms with E-state index in [4.69, 9.17) is 0 Å². The first-order valence-corrected chi connectivity index (χ1v) is 9.20. The van der Waals surface area contributed by atoms with Crippen molar-refractivity contribution in [1.29, 1.82) is 0 Å². The Morgan fingerprint density at radius 1 is 1.22 bits per heavy atom. The molecule has 1 aliphatic carbocycles. The predicted octanol–water partition coefficient (Wildman–Crippen LogP) is 3.50. The molecule has 23 heavy (non-hydrogen) atoms. The van der Waals surface area contributed by atoms with Crippen LogP contribution < -0.4 is 10.2 Å². The van der Waals surface area contributed by atoms with E-state index in [9.17, 15) is 9.59 Å². The largest absolute Gasteiger partial charge is 0.353 e. The molecular weight excluding hydrogens is 356 g/mol. The van der Waals surface area contributed by atoms with Crippen LogP contribution in [0.3, 0.4) is 0 Å². The molecule has 0 radical (unpaired) electrons. The number of nitrogens with one attached hydrogen (secondary N) is 1. The van der Waals surface area contributed by atoms with Gasteiger partial charge in [0.1, 0.15) is 0 Å². The summed E-state index contributed by atoms with van der Waals surface area (Å²) < 4.78 is 0.980. The molecule has 2 amide bonds. The molecule has 1 aliphatic heterocycles. The summed E-state index contributed by atoms with van der Waals surface area (Å²) in [7, 11) is 0. The van der Waals surface area contributed by atoms with Crippen LogP contribution >= 0.6 is 15.9 Å². The van der Waals surface area contributed by atoms with Crippen LogP contribution in [0.5, 0.6) is 0 Å². The zero-order chi connectivity index (χ0) is 16.4. The summed E-state index contributed by atoms with van der Waals surface area (Å²) in [6.07, 6.45) is 4.99. The smallest absolute Gasteiger partial charge is 0.227 e. The summed E-state index contributed by atoms with van der Waals surface area (Å²) in [4.78, 5) is 26.5. The molecule has 0 spiro atoms. The first kappa shape index (κ1) is 16.5. The van der Waals surface area contributed by atoms with Crippen molar-refractivity contribution < 1.29 is 9.59 Å². The molecule has 0 bridgehead atoms. The summed E-state index contributed by atoms with van der Waals surface area (Å²) in [5.74, 6) is 0.369. The minimum absolute atomic E-state index is 0.0316. The Labute approximate surface area is 145 Å². The summed E-state index contributed by atoms with van der Waals surface area (Å²) >= 11 is 3.40. The lowest BCUT2D eigenvalue weighted by Gasteiger charge is -2.30. The second-order valence-electron chi connectivity index (χ2n) is 6.76. The molecule has 1 aromatic carbocycles. The maximum Gasteiger partial charge on any atom is 0.227 e. The molecule has 4 nitrogen and oxygen atoms in total. The van der Waals surface area contributed by atoms with Gasteiger partial charge in [-0.05, 0) is 43.0 Å². The Kier molecular flexibility index (Phi) is 5.05. The molecular formula is C18H23BrN2O2. The lowest BCUT2D eigenvalue weighted by atomic mass is 9.85. The monoisotopic (exact) mass is 378 g/mol. The number of hydrogen-bond acceptors (Lipinski definition) is 2. The van der Waals surface area contributed by atoms with E-state index in [0.717, 1.165) is 16.6 Å². The molecule has 3 rings (SSSR count). The van der Waals surface area contributed by atoms with Crippen molar-refractivity contribution in [2.75, 3.05) is 11.4 Å². The minimum atomic E-state index is -0.236. The van der Waals surface area contributed by atoms with Gasteiger partial charge in [0, 0.05) is 29.2 Å². The van der Waals surface area contributed by atoms with Crippen molar-refractivity contribution in [3.8, 4) is 0 Å². The van der Waals surface area contributed by atoms with E-state index >= 15 is 0 Å². The van der Waals surface area contributed by atoms with Gasteiger partial charge in [-0.1, -0.05) is 35.7 Å². The average Bonchev–Trinajstić information content (AvgIpc) is 2.92. The van der Waals surface area contributed by atoms with Gasteiger partial charge in [0.2, 0.25) is 11.8 Å². The normalized spacial score (nSPS) is 28.0. The third-order valence-corrected chi connectivity index (χ3v) is 5.60. The predicted molar refractivity (Wildman–Crippen MR) is 94.2 cm³/mol.